The van der Waals surface area contributed by atoms with E-state index in [2.05, 4.69) is 21.3 Å². The van der Waals surface area contributed by atoms with Crippen LogP contribution in [-0.2, 0) is 51.1 Å². The maximum Gasteiger partial charge on any atom is 0.326 e. The summed E-state index contributed by atoms with van der Waals surface area (Å²) in [5.74, 6) is -5.41. The molecule has 0 aromatic heterocycles. The molecule has 0 aliphatic heterocycles. The molecular formula is C36H46N4O13. The summed E-state index contributed by atoms with van der Waals surface area (Å²) in [7, 11) is 0. The lowest BCUT2D eigenvalue weighted by atomic mass is 9.94. The van der Waals surface area contributed by atoms with Crippen molar-refractivity contribution in [2.24, 2.45) is 5.92 Å². The minimum absolute atomic E-state index is 0.0613. The summed E-state index contributed by atoms with van der Waals surface area (Å²) in [5.41, 5.74) is 1.47. The van der Waals surface area contributed by atoms with Gasteiger partial charge in [-0.25, -0.2) is 9.59 Å². The van der Waals surface area contributed by atoms with Crippen LogP contribution < -0.4 is 26.0 Å². The predicted octanol–water partition coefficient (Wildman–Crippen LogP) is 1.81. The molecule has 0 saturated heterocycles. The highest BCUT2D eigenvalue weighted by atomic mass is 16.5. The van der Waals surface area contributed by atoms with Crippen LogP contribution in [0.4, 0.5) is 4.79 Å². The highest BCUT2D eigenvalue weighted by molar-refractivity contribution is 5.88. The molecule has 288 valence electrons. The first-order valence-electron chi connectivity index (χ1n) is 17.0. The topological polar surface area (TPSA) is 264 Å². The fourth-order valence-corrected chi connectivity index (χ4v) is 5.02. The molecule has 7 N–H and O–H groups in total. The SMILES string of the molecule is CCC(=O)C[C@@H](Cc1ccc(OCC(=O)N[C@@H](Cc2ccccc2)C(=O)NCCCC[C@H](NC(=O)N[C@@H](CCC(=O)O)C(=O)O)OC=O)cc1)C(=O)O. The Labute approximate surface area is 305 Å². The van der Waals surface area contributed by atoms with Crippen molar-refractivity contribution in [3.8, 4) is 5.75 Å². The number of ketones is 1. The van der Waals surface area contributed by atoms with Crippen molar-refractivity contribution >= 4 is 48.0 Å². The molecule has 0 heterocycles. The van der Waals surface area contributed by atoms with Gasteiger partial charge >= 0.3 is 23.9 Å². The molecule has 2 rings (SSSR count). The van der Waals surface area contributed by atoms with Crippen LogP contribution >= 0.6 is 0 Å². The first-order valence-corrected chi connectivity index (χ1v) is 17.0. The van der Waals surface area contributed by atoms with Crippen LogP contribution in [0.15, 0.2) is 54.6 Å². The number of carboxylic acids is 3. The van der Waals surface area contributed by atoms with Gasteiger partial charge in [0.1, 0.15) is 23.6 Å². The van der Waals surface area contributed by atoms with E-state index in [1.54, 1.807) is 55.5 Å². The van der Waals surface area contributed by atoms with Crippen LogP contribution in [0.25, 0.3) is 0 Å². The Kier molecular flexibility index (Phi) is 19.1. The lowest BCUT2D eigenvalue weighted by molar-refractivity contribution is -0.144. The fourth-order valence-electron chi connectivity index (χ4n) is 5.02. The Morgan fingerprint density at radius 1 is 0.774 bits per heavy atom. The number of Topliss-reactive ketones (excluding diaryl/α,β-unsaturated/α-hetero) is 1. The van der Waals surface area contributed by atoms with E-state index in [1.807, 2.05) is 6.07 Å². The average Bonchev–Trinajstić information content (AvgIpc) is 3.12. The molecule has 0 radical (unpaired) electrons. The maximum absolute atomic E-state index is 13.2. The number of carbonyl (C=O) groups is 8. The minimum Gasteiger partial charge on any atom is -0.484 e. The molecule has 2 aromatic carbocycles. The number of amides is 4. The molecule has 4 amide bonds. The third-order valence-electron chi connectivity index (χ3n) is 7.88. The zero-order valence-corrected chi connectivity index (χ0v) is 29.3. The van der Waals surface area contributed by atoms with Gasteiger partial charge in [-0.2, -0.15) is 0 Å². The maximum atomic E-state index is 13.2. The van der Waals surface area contributed by atoms with Crippen LogP contribution in [0, 0.1) is 5.92 Å². The van der Waals surface area contributed by atoms with Gasteiger partial charge in [-0.1, -0.05) is 49.4 Å². The van der Waals surface area contributed by atoms with Crippen LogP contribution in [0.5, 0.6) is 5.75 Å². The minimum atomic E-state index is -1.48. The Morgan fingerprint density at radius 3 is 2.06 bits per heavy atom. The number of carbonyl (C=O) groups excluding carboxylic acids is 5. The standard InChI is InChI=1S/C36H46N4O13/c1-2-26(42)20-25(34(47)48)18-24-11-13-27(14-12-24)52-21-30(43)38-29(19-23-8-4-3-5-9-23)33(46)37-17-7-6-10-31(53-22-41)40-36(51)39-28(35(49)50)15-16-32(44)45/h3-5,8-9,11-14,22,25,28-29,31H,2,6-7,10,15-21H2,1H3,(H,37,46)(H,38,43)(H,44,45)(H,47,48)(H,49,50)(H2,39,40,51)/t25-,28+,29+,31-/m1/s1. The van der Waals surface area contributed by atoms with Gasteiger partial charge in [0.05, 0.1) is 5.92 Å². The van der Waals surface area contributed by atoms with E-state index >= 15 is 0 Å². The van der Waals surface area contributed by atoms with Crippen LogP contribution in [-0.4, -0.2) is 94.8 Å². The molecule has 2 aromatic rings. The van der Waals surface area contributed by atoms with Gasteiger partial charge in [0.2, 0.25) is 5.91 Å². The first-order chi connectivity index (χ1) is 25.3. The van der Waals surface area contributed by atoms with Crippen LogP contribution in [0.1, 0.15) is 63.0 Å². The van der Waals surface area contributed by atoms with Crippen molar-refractivity contribution in [1.29, 1.82) is 0 Å². The number of hydrogen-bond donors (Lipinski definition) is 7. The summed E-state index contributed by atoms with van der Waals surface area (Å²) in [6, 6.07) is 12.1. The highest BCUT2D eigenvalue weighted by Crippen LogP contribution is 2.18. The Balaban J connectivity index is 1.89. The van der Waals surface area contributed by atoms with E-state index in [0.29, 0.717) is 24.2 Å². The third-order valence-corrected chi connectivity index (χ3v) is 7.88. The molecule has 0 spiro atoms. The number of ether oxygens (including phenoxy) is 2. The van der Waals surface area contributed by atoms with Gasteiger partial charge in [0, 0.05) is 38.6 Å². The molecule has 17 nitrogen and oxygen atoms in total. The molecule has 0 bridgehead atoms. The van der Waals surface area contributed by atoms with E-state index in [-0.39, 0.29) is 57.3 Å². The molecule has 0 unspecified atom stereocenters. The first kappa shape index (κ1) is 43.2. The second-order valence-corrected chi connectivity index (χ2v) is 12.0. The van der Waals surface area contributed by atoms with Crippen molar-refractivity contribution in [2.45, 2.75) is 83.0 Å². The quantitative estimate of drug-likeness (QED) is 0.0413. The summed E-state index contributed by atoms with van der Waals surface area (Å²) in [6.45, 7) is 1.54. The smallest absolute Gasteiger partial charge is 0.326 e. The summed E-state index contributed by atoms with van der Waals surface area (Å²) in [6.07, 6.45) is -0.613. The van der Waals surface area contributed by atoms with Crippen molar-refractivity contribution in [3.63, 3.8) is 0 Å². The van der Waals surface area contributed by atoms with Gasteiger partial charge in [-0.05, 0) is 48.9 Å². The number of rotatable bonds is 26. The Bertz CT molecular complexity index is 1540. The molecule has 0 fully saturated rings. The van der Waals surface area contributed by atoms with E-state index in [4.69, 9.17) is 14.6 Å². The lowest BCUT2D eigenvalue weighted by Gasteiger charge is -2.20. The summed E-state index contributed by atoms with van der Waals surface area (Å²) in [4.78, 5) is 94.7. The van der Waals surface area contributed by atoms with E-state index in [0.717, 1.165) is 5.56 Å². The second kappa shape index (κ2) is 23.5. The zero-order chi connectivity index (χ0) is 39.2. The lowest BCUT2D eigenvalue weighted by Crippen LogP contribution is -2.50. The fraction of sp³-hybridized carbons (Fsp3) is 0.444. The van der Waals surface area contributed by atoms with E-state index in [9.17, 15) is 48.6 Å². The van der Waals surface area contributed by atoms with Crippen molar-refractivity contribution in [2.75, 3.05) is 13.2 Å². The number of aliphatic carboxylic acids is 3. The predicted molar refractivity (Wildman–Crippen MR) is 187 cm³/mol. The van der Waals surface area contributed by atoms with Gasteiger partial charge in [0.25, 0.3) is 12.4 Å². The van der Waals surface area contributed by atoms with Gasteiger partial charge < -0.3 is 46.1 Å². The molecule has 0 saturated carbocycles. The van der Waals surface area contributed by atoms with E-state index in [1.165, 1.54) is 0 Å². The van der Waals surface area contributed by atoms with Crippen LogP contribution in [0.2, 0.25) is 0 Å². The largest absolute Gasteiger partial charge is 0.484 e. The third kappa shape index (κ3) is 17.7. The molecule has 4 atom stereocenters. The molecule has 53 heavy (non-hydrogen) atoms. The molecule has 17 heteroatoms. The number of unbranched alkanes of at least 4 members (excludes halogenated alkanes) is 1. The molecular weight excluding hydrogens is 696 g/mol. The number of urea groups is 1. The number of hydrogen-bond acceptors (Lipinski definition) is 10. The summed E-state index contributed by atoms with van der Waals surface area (Å²) >= 11 is 0. The van der Waals surface area contributed by atoms with Crippen molar-refractivity contribution < 1.29 is 63.1 Å². The molecule has 0 aliphatic carbocycles. The number of nitrogens with one attached hydrogen (secondary N) is 4. The monoisotopic (exact) mass is 742 g/mol. The van der Waals surface area contributed by atoms with Gasteiger partial charge in [-0.15, -0.1) is 0 Å². The molecule has 0 aliphatic rings. The number of benzene rings is 2. The summed E-state index contributed by atoms with van der Waals surface area (Å²) in [5, 5.41) is 37.3. The van der Waals surface area contributed by atoms with Crippen molar-refractivity contribution in [1.82, 2.24) is 21.3 Å². The average molecular weight is 743 g/mol. The van der Waals surface area contributed by atoms with Crippen LogP contribution in [0.3, 0.4) is 0 Å². The van der Waals surface area contributed by atoms with Gasteiger partial charge in [-0.3, -0.25) is 28.8 Å². The highest BCUT2D eigenvalue weighted by Gasteiger charge is 2.24. The second-order valence-electron chi connectivity index (χ2n) is 12.0. The normalized spacial score (nSPS) is 12.8. The summed E-state index contributed by atoms with van der Waals surface area (Å²) < 4.78 is 10.4. The van der Waals surface area contributed by atoms with E-state index < -0.39 is 73.0 Å². The van der Waals surface area contributed by atoms with Crippen molar-refractivity contribution in [3.05, 3.63) is 65.7 Å². The Morgan fingerprint density at radius 2 is 1.45 bits per heavy atom. The Hall–Kier alpha value is -6.00. The van der Waals surface area contributed by atoms with Gasteiger partial charge in [0.15, 0.2) is 12.8 Å². The zero-order valence-electron chi connectivity index (χ0n) is 29.3. The number of carboxylic acid groups (broad SMARTS) is 3.